The minimum absolute atomic E-state index is 0.0910. The number of para-hydroxylation sites is 1. The molecule has 134 valence electrons. The molecule has 2 amide bonds. The first-order chi connectivity index (χ1) is 12.1. The number of carbonyl (C=O) groups is 2. The Morgan fingerprint density at radius 2 is 2.04 bits per heavy atom. The van der Waals surface area contributed by atoms with E-state index in [0.717, 1.165) is 4.88 Å². The molecule has 0 aliphatic heterocycles. The molecule has 8 nitrogen and oxygen atoms in total. The number of amides is 2. The zero-order valence-electron chi connectivity index (χ0n) is 13.4. The predicted octanol–water partition coefficient (Wildman–Crippen LogP) is 2.43. The predicted molar refractivity (Wildman–Crippen MR) is 94.7 cm³/mol. The monoisotopic (exact) mass is 384 g/mol. The van der Waals surface area contributed by atoms with E-state index in [2.05, 4.69) is 21.2 Å². The zero-order chi connectivity index (χ0) is 18.1. The molecule has 0 spiro atoms. The SMILES string of the molecule is COCCOC(=O)NNC(=O)c1ccccc1NCc1cnc(Cl)s1. The first kappa shape index (κ1) is 19.0. The average molecular weight is 385 g/mol. The summed E-state index contributed by atoms with van der Waals surface area (Å²) in [4.78, 5) is 28.5. The van der Waals surface area contributed by atoms with E-state index in [-0.39, 0.29) is 13.2 Å². The third kappa shape index (κ3) is 6.22. The first-order valence-electron chi connectivity index (χ1n) is 7.25. The number of nitrogens with one attached hydrogen (secondary N) is 3. The van der Waals surface area contributed by atoms with Crippen molar-refractivity contribution in [2.24, 2.45) is 0 Å². The number of anilines is 1. The van der Waals surface area contributed by atoms with Crippen molar-refractivity contribution in [2.75, 3.05) is 25.6 Å². The van der Waals surface area contributed by atoms with Crippen LogP contribution in [-0.2, 0) is 16.0 Å². The molecule has 0 aliphatic carbocycles. The maximum absolute atomic E-state index is 12.2. The van der Waals surface area contributed by atoms with Gasteiger partial charge in [-0.05, 0) is 12.1 Å². The summed E-state index contributed by atoms with van der Waals surface area (Å²) < 4.78 is 10.00. The summed E-state index contributed by atoms with van der Waals surface area (Å²) in [5.74, 6) is -0.478. The van der Waals surface area contributed by atoms with E-state index in [0.29, 0.717) is 22.3 Å². The number of rotatable bonds is 7. The molecule has 0 fully saturated rings. The molecular formula is C15H17ClN4O4S. The summed E-state index contributed by atoms with van der Waals surface area (Å²) in [5, 5.41) is 3.14. The highest BCUT2D eigenvalue weighted by molar-refractivity contribution is 7.15. The molecule has 0 atom stereocenters. The molecule has 3 N–H and O–H groups in total. The van der Waals surface area contributed by atoms with Gasteiger partial charge in [0.2, 0.25) is 0 Å². The van der Waals surface area contributed by atoms with E-state index in [4.69, 9.17) is 21.1 Å². The molecule has 0 saturated heterocycles. The molecule has 2 aromatic rings. The van der Waals surface area contributed by atoms with Gasteiger partial charge in [0, 0.05) is 23.9 Å². The van der Waals surface area contributed by atoms with Gasteiger partial charge in [-0.1, -0.05) is 23.7 Å². The van der Waals surface area contributed by atoms with Crippen LogP contribution < -0.4 is 16.2 Å². The Morgan fingerprint density at radius 1 is 1.24 bits per heavy atom. The van der Waals surface area contributed by atoms with Gasteiger partial charge in [-0.25, -0.2) is 15.2 Å². The topological polar surface area (TPSA) is 102 Å². The Bertz CT molecular complexity index is 725. The lowest BCUT2D eigenvalue weighted by molar-refractivity contribution is 0.0850. The van der Waals surface area contributed by atoms with Crippen molar-refractivity contribution in [3.63, 3.8) is 0 Å². The lowest BCUT2D eigenvalue weighted by Crippen LogP contribution is -2.42. The lowest BCUT2D eigenvalue weighted by atomic mass is 10.1. The highest BCUT2D eigenvalue weighted by atomic mass is 35.5. The summed E-state index contributed by atoms with van der Waals surface area (Å²) in [6.45, 7) is 0.838. The number of hydrazine groups is 1. The Morgan fingerprint density at radius 3 is 2.76 bits per heavy atom. The van der Waals surface area contributed by atoms with Crippen LogP contribution in [-0.4, -0.2) is 37.3 Å². The van der Waals surface area contributed by atoms with Crippen molar-refractivity contribution in [3.05, 3.63) is 45.4 Å². The molecule has 10 heteroatoms. The number of carbonyl (C=O) groups excluding carboxylic acids is 2. The molecular weight excluding hydrogens is 368 g/mol. The number of halogens is 1. The van der Waals surface area contributed by atoms with Crippen molar-refractivity contribution in [3.8, 4) is 0 Å². The summed E-state index contributed by atoms with van der Waals surface area (Å²) in [7, 11) is 1.49. The second-order valence-corrected chi connectivity index (χ2v) is 6.38. The van der Waals surface area contributed by atoms with Gasteiger partial charge in [0.15, 0.2) is 4.47 Å². The van der Waals surface area contributed by atoms with Crippen LogP contribution in [0.15, 0.2) is 30.5 Å². The molecule has 1 aromatic carbocycles. The van der Waals surface area contributed by atoms with E-state index in [1.807, 2.05) is 0 Å². The summed E-state index contributed by atoms with van der Waals surface area (Å²) in [5.41, 5.74) is 5.45. The van der Waals surface area contributed by atoms with Crippen LogP contribution in [0.3, 0.4) is 0 Å². The van der Waals surface area contributed by atoms with Crippen molar-refractivity contribution in [1.82, 2.24) is 15.8 Å². The fourth-order valence-electron chi connectivity index (χ4n) is 1.81. The zero-order valence-corrected chi connectivity index (χ0v) is 14.9. The maximum Gasteiger partial charge on any atom is 0.426 e. The molecule has 2 rings (SSSR count). The van der Waals surface area contributed by atoms with Crippen LogP contribution in [0.2, 0.25) is 4.47 Å². The van der Waals surface area contributed by atoms with Gasteiger partial charge in [0.05, 0.1) is 18.7 Å². The van der Waals surface area contributed by atoms with Gasteiger partial charge in [-0.3, -0.25) is 10.2 Å². The minimum Gasteiger partial charge on any atom is -0.446 e. The van der Waals surface area contributed by atoms with E-state index in [1.54, 1.807) is 30.5 Å². The number of thiazole rings is 1. The van der Waals surface area contributed by atoms with Gasteiger partial charge in [-0.15, -0.1) is 11.3 Å². The molecule has 0 aliphatic rings. The van der Waals surface area contributed by atoms with Gasteiger partial charge in [0.1, 0.15) is 6.61 Å². The highest BCUT2D eigenvalue weighted by Gasteiger charge is 2.12. The molecule has 0 radical (unpaired) electrons. The van der Waals surface area contributed by atoms with E-state index >= 15 is 0 Å². The Kier molecular flexibility index (Phi) is 7.45. The molecule has 1 aromatic heterocycles. The second-order valence-electron chi connectivity index (χ2n) is 4.69. The van der Waals surface area contributed by atoms with Gasteiger partial charge in [-0.2, -0.15) is 0 Å². The van der Waals surface area contributed by atoms with E-state index < -0.39 is 12.0 Å². The molecule has 0 saturated carbocycles. The normalized spacial score (nSPS) is 10.2. The number of aromatic nitrogens is 1. The number of nitrogens with zero attached hydrogens (tertiary/aromatic N) is 1. The van der Waals surface area contributed by atoms with Crippen LogP contribution in [0.1, 0.15) is 15.2 Å². The summed E-state index contributed by atoms with van der Waals surface area (Å²) in [6, 6.07) is 6.91. The standard InChI is InChI=1S/C15H17ClN4O4S/c1-23-6-7-24-15(22)20-19-13(21)11-4-2-3-5-12(11)17-8-10-9-18-14(16)25-10/h2-5,9,17H,6-8H2,1H3,(H,19,21)(H,20,22). The fourth-order valence-corrected chi connectivity index (χ4v) is 2.73. The third-order valence-corrected chi connectivity index (χ3v) is 4.06. The first-order valence-corrected chi connectivity index (χ1v) is 8.44. The van der Waals surface area contributed by atoms with E-state index in [9.17, 15) is 9.59 Å². The van der Waals surface area contributed by atoms with Crippen LogP contribution in [0.5, 0.6) is 0 Å². The number of benzene rings is 1. The molecule has 0 unspecified atom stereocenters. The number of ether oxygens (including phenoxy) is 2. The quantitative estimate of drug-likeness (QED) is 0.500. The average Bonchev–Trinajstić information content (AvgIpc) is 3.04. The molecule has 0 bridgehead atoms. The van der Waals surface area contributed by atoms with Gasteiger partial charge >= 0.3 is 6.09 Å². The van der Waals surface area contributed by atoms with E-state index in [1.165, 1.54) is 18.4 Å². The van der Waals surface area contributed by atoms with Crippen LogP contribution in [0, 0.1) is 0 Å². The minimum atomic E-state index is -0.768. The van der Waals surface area contributed by atoms with Crippen molar-refractivity contribution >= 4 is 40.6 Å². The van der Waals surface area contributed by atoms with Gasteiger partial charge in [0.25, 0.3) is 5.91 Å². The molecule has 1 heterocycles. The van der Waals surface area contributed by atoms with Crippen LogP contribution >= 0.6 is 22.9 Å². The van der Waals surface area contributed by atoms with Crippen LogP contribution in [0.4, 0.5) is 10.5 Å². The number of hydrogen-bond acceptors (Lipinski definition) is 7. The number of methoxy groups -OCH3 is 1. The Labute approximate surface area is 153 Å². The van der Waals surface area contributed by atoms with Crippen LogP contribution in [0.25, 0.3) is 0 Å². The highest BCUT2D eigenvalue weighted by Crippen LogP contribution is 2.20. The Balaban J connectivity index is 1.89. The lowest BCUT2D eigenvalue weighted by Gasteiger charge is -2.12. The van der Waals surface area contributed by atoms with Gasteiger partial charge < -0.3 is 14.8 Å². The third-order valence-electron chi connectivity index (χ3n) is 2.95. The van der Waals surface area contributed by atoms with Crippen molar-refractivity contribution in [1.29, 1.82) is 0 Å². The summed E-state index contributed by atoms with van der Waals surface area (Å²) >= 11 is 7.15. The second kappa shape index (κ2) is 9.82. The van der Waals surface area contributed by atoms with Crippen molar-refractivity contribution in [2.45, 2.75) is 6.54 Å². The molecule has 25 heavy (non-hydrogen) atoms. The maximum atomic E-state index is 12.2. The van der Waals surface area contributed by atoms with Crippen molar-refractivity contribution < 1.29 is 19.1 Å². The summed E-state index contributed by atoms with van der Waals surface area (Å²) in [6.07, 6.45) is 0.899. The largest absolute Gasteiger partial charge is 0.446 e. The Hall–Kier alpha value is -2.36. The number of hydrogen-bond donors (Lipinski definition) is 3. The smallest absolute Gasteiger partial charge is 0.426 e. The fraction of sp³-hybridized carbons (Fsp3) is 0.267.